The standard InChI is InChI=1S/C12H19NO3/c1-7-6-9(10(13)4-5-14)11(15)8(2)12(7)16-3/h6,10,14-15H,4-5,13H2,1-3H3. The molecule has 0 aliphatic carbocycles. The summed E-state index contributed by atoms with van der Waals surface area (Å²) < 4.78 is 5.20. The highest BCUT2D eigenvalue weighted by Crippen LogP contribution is 2.36. The Morgan fingerprint density at radius 2 is 2.06 bits per heavy atom. The molecule has 0 aromatic heterocycles. The molecule has 0 spiro atoms. The maximum atomic E-state index is 9.99. The molecule has 0 fully saturated rings. The third kappa shape index (κ3) is 2.28. The summed E-state index contributed by atoms with van der Waals surface area (Å²) in [6.07, 6.45) is 0.429. The van der Waals surface area contributed by atoms with Crippen molar-refractivity contribution in [3.05, 3.63) is 22.8 Å². The first kappa shape index (κ1) is 12.8. The fourth-order valence-corrected chi connectivity index (χ4v) is 1.88. The van der Waals surface area contributed by atoms with E-state index in [9.17, 15) is 5.11 Å². The molecule has 0 radical (unpaired) electrons. The molecule has 1 aromatic carbocycles. The number of phenols is 1. The van der Waals surface area contributed by atoms with Crippen molar-refractivity contribution in [2.24, 2.45) is 5.73 Å². The number of hydrogen-bond donors (Lipinski definition) is 3. The number of aromatic hydroxyl groups is 1. The maximum absolute atomic E-state index is 9.99. The van der Waals surface area contributed by atoms with Gasteiger partial charge in [0, 0.05) is 23.8 Å². The lowest BCUT2D eigenvalue weighted by atomic mass is 9.97. The van der Waals surface area contributed by atoms with Crippen LogP contribution in [0.25, 0.3) is 0 Å². The van der Waals surface area contributed by atoms with E-state index >= 15 is 0 Å². The third-order valence-electron chi connectivity index (χ3n) is 2.74. The van der Waals surface area contributed by atoms with Gasteiger partial charge in [0.2, 0.25) is 0 Å². The molecule has 1 rings (SSSR count). The van der Waals surface area contributed by atoms with Gasteiger partial charge in [-0.2, -0.15) is 0 Å². The van der Waals surface area contributed by atoms with Gasteiger partial charge in [-0.1, -0.05) is 0 Å². The molecule has 1 atom stereocenters. The van der Waals surface area contributed by atoms with Crippen LogP contribution in [0.4, 0.5) is 0 Å². The molecular weight excluding hydrogens is 206 g/mol. The normalized spacial score (nSPS) is 12.6. The number of nitrogens with two attached hydrogens (primary N) is 1. The van der Waals surface area contributed by atoms with Crippen LogP contribution in [0.5, 0.6) is 11.5 Å². The van der Waals surface area contributed by atoms with Crippen LogP contribution in [-0.4, -0.2) is 23.9 Å². The van der Waals surface area contributed by atoms with Gasteiger partial charge in [0.1, 0.15) is 11.5 Å². The fraction of sp³-hybridized carbons (Fsp3) is 0.500. The number of ether oxygens (including phenoxy) is 1. The second-order valence-corrected chi connectivity index (χ2v) is 3.91. The van der Waals surface area contributed by atoms with Gasteiger partial charge in [0.15, 0.2) is 0 Å². The lowest BCUT2D eigenvalue weighted by Crippen LogP contribution is -2.13. The second kappa shape index (κ2) is 5.18. The average molecular weight is 225 g/mol. The van der Waals surface area contributed by atoms with Crippen molar-refractivity contribution in [2.45, 2.75) is 26.3 Å². The highest BCUT2D eigenvalue weighted by molar-refractivity contribution is 5.53. The summed E-state index contributed by atoms with van der Waals surface area (Å²) in [6.45, 7) is 3.70. The summed E-state index contributed by atoms with van der Waals surface area (Å²) in [5, 5.41) is 18.8. The Balaban J connectivity index is 3.22. The fourth-order valence-electron chi connectivity index (χ4n) is 1.88. The molecule has 0 bridgehead atoms. The molecule has 0 aliphatic rings. The van der Waals surface area contributed by atoms with Crippen molar-refractivity contribution in [1.82, 2.24) is 0 Å². The number of hydrogen-bond acceptors (Lipinski definition) is 4. The molecular formula is C12H19NO3. The van der Waals surface area contributed by atoms with Gasteiger partial charge in [0.25, 0.3) is 0 Å². The number of aliphatic hydroxyl groups excluding tert-OH is 1. The van der Waals surface area contributed by atoms with E-state index in [0.717, 1.165) is 5.56 Å². The van der Waals surface area contributed by atoms with Crippen molar-refractivity contribution < 1.29 is 14.9 Å². The minimum absolute atomic E-state index is 0.00469. The summed E-state index contributed by atoms with van der Waals surface area (Å²) >= 11 is 0. The molecule has 90 valence electrons. The number of aliphatic hydroxyl groups is 1. The highest BCUT2D eigenvalue weighted by atomic mass is 16.5. The quantitative estimate of drug-likeness (QED) is 0.724. The first-order valence-electron chi connectivity index (χ1n) is 5.26. The summed E-state index contributed by atoms with van der Waals surface area (Å²) in [5.74, 6) is 0.834. The van der Waals surface area contributed by atoms with Crippen LogP contribution in [0.1, 0.15) is 29.2 Å². The molecule has 4 nitrogen and oxygen atoms in total. The van der Waals surface area contributed by atoms with Crippen LogP contribution in [0, 0.1) is 13.8 Å². The summed E-state index contributed by atoms with van der Waals surface area (Å²) in [4.78, 5) is 0. The van der Waals surface area contributed by atoms with Crippen LogP contribution in [0.15, 0.2) is 6.07 Å². The monoisotopic (exact) mass is 225 g/mol. The van der Waals surface area contributed by atoms with Gasteiger partial charge in [-0.3, -0.25) is 0 Å². The van der Waals surface area contributed by atoms with Crippen molar-refractivity contribution in [2.75, 3.05) is 13.7 Å². The average Bonchev–Trinajstić information content (AvgIpc) is 2.24. The Hall–Kier alpha value is -1.26. The Bertz CT molecular complexity index is 377. The molecule has 0 saturated heterocycles. The van der Waals surface area contributed by atoms with Crippen LogP contribution < -0.4 is 10.5 Å². The summed E-state index contributed by atoms with van der Waals surface area (Å²) in [5.41, 5.74) is 8.15. The smallest absolute Gasteiger partial charge is 0.128 e. The van der Waals surface area contributed by atoms with Crippen molar-refractivity contribution in [3.63, 3.8) is 0 Å². The molecule has 1 aromatic rings. The van der Waals surface area contributed by atoms with Crippen molar-refractivity contribution >= 4 is 0 Å². The SMILES string of the molecule is COc1c(C)cc(C(N)CCO)c(O)c1C. The van der Waals surface area contributed by atoms with Gasteiger partial charge in [0.05, 0.1) is 7.11 Å². The first-order chi connectivity index (χ1) is 7.52. The highest BCUT2D eigenvalue weighted by Gasteiger charge is 2.17. The van der Waals surface area contributed by atoms with Gasteiger partial charge in [-0.25, -0.2) is 0 Å². The van der Waals surface area contributed by atoms with Crippen LogP contribution in [0.2, 0.25) is 0 Å². The number of phenolic OH excluding ortho intramolecular Hbond substituents is 1. The number of methoxy groups -OCH3 is 1. The molecule has 0 saturated carbocycles. The zero-order valence-corrected chi connectivity index (χ0v) is 9.95. The van der Waals surface area contributed by atoms with E-state index in [1.165, 1.54) is 0 Å². The minimum Gasteiger partial charge on any atom is -0.507 e. The Morgan fingerprint density at radius 1 is 1.44 bits per heavy atom. The van der Waals surface area contributed by atoms with Crippen LogP contribution in [-0.2, 0) is 0 Å². The molecule has 4 heteroatoms. The van der Waals surface area contributed by atoms with Crippen molar-refractivity contribution in [3.8, 4) is 11.5 Å². The van der Waals surface area contributed by atoms with Gasteiger partial charge >= 0.3 is 0 Å². The minimum atomic E-state index is -0.353. The van der Waals surface area contributed by atoms with Gasteiger partial charge < -0.3 is 20.7 Å². The van der Waals surface area contributed by atoms with Crippen molar-refractivity contribution in [1.29, 1.82) is 0 Å². The van der Waals surface area contributed by atoms with Crippen LogP contribution >= 0.6 is 0 Å². The van der Waals surface area contributed by atoms with E-state index in [2.05, 4.69) is 0 Å². The second-order valence-electron chi connectivity index (χ2n) is 3.91. The topological polar surface area (TPSA) is 75.7 Å². The molecule has 0 heterocycles. The zero-order valence-electron chi connectivity index (χ0n) is 9.95. The lowest BCUT2D eigenvalue weighted by molar-refractivity contribution is 0.275. The molecule has 1 unspecified atom stereocenters. The number of aryl methyl sites for hydroxylation is 1. The lowest BCUT2D eigenvalue weighted by Gasteiger charge is -2.18. The van der Waals surface area contributed by atoms with E-state index < -0.39 is 0 Å². The molecule has 4 N–H and O–H groups in total. The largest absolute Gasteiger partial charge is 0.507 e. The molecule has 0 aliphatic heterocycles. The van der Waals surface area contributed by atoms with E-state index in [4.69, 9.17) is 15.6 Å². The van der Waals surface area contributed by atoms with Gasteiger partial charge in [-0.05, 0) is 31.9 Å². The number of benzene rings is 1. The zero-order chi connectivity index (χ0) is 12.3. The summed E-state index contributed by atoms with van der Waals surface area (Å²) in [6, 6.07) is 1.45. The van der Waals surface area contributed by atoms with Crippen LogP contribution in [0.3, 0.4) is 0 Å². The maximum Gasteiger partial charge on any atom is 0.128 e. The summed E-state index contributed by atoms with van der Waals surface area (Å²) in [7, 11) is 1.57. The number of rotatable bonds is 4. The van der Waals surface area contributed by atoms with E-state index in [1.54, 1.807) is 14.0 Å². The predicted molar refractivity (Wildman–Crippen MR) is 62.8 cm³/mol. The first-order valence-corrected chi connectivity index (χ1v) is 5.26. The van der Waals surface area contributed by atoms with E-state index in [-0.39, 0.29) is 18.4 Å². The Morgan fingerprint density at radius 3 is 2.56 bits per heavy atom. The van der Waals surface area contributed by atoms with E-state index in [0.29, 0.717) is 23.3 Å². The third-order valence-corrected chi connectivity index (χ3v) is 2.74. The van der Waals surface area contributed by atoms with E-state index in [1.807, 2.05) is 13.0 Å². The Kier molecular flexibility index (Phi) is 4.15. The molecule has 0 amide bonds. The van der Waals surface area contributed by atoms with Gasteiger partial charge in [-0.15, -0.1) is 0 Å². The predicted octanol–water partition coefficient (Wildman–Crippen LogP) is 1.40. The Labute approximate surface area is 95.7 Å². The molecule has 16 heavy (non-hydrogen) atoms.